The third kappa shape index (κ3) is 2.63. The van der Waals surface area contributed by atoms with E-state index in [0.717, 1.165) is 17.7 Å². The normalized spacial score (nSPS) is 17.6. The number of aromatic nitrogens is 2. The highest BCUT2D eigenvalue weighted by atomic mass is 16.3. The molecule has 1 heterocycles. The predicted molar refractivity (Wildman–Crippen MR) is 79.6 cm³/mol. The molecule has 20 heavy (non-hydrogen) atoms. The first-order valence-electron chi connectivity index (χ1n) is 7.38. The number of hydrogen-bond acceptors (Lipinski definition) is 2. The van der Waals surface area contributed by atoms with Gasteiger partial charge in [-0.25, -0.2) is 0 Å². The van der Waals surface area contributed by atoms with E-state index in [1.807, 2.05) is 26.2 Å². The van der Waals surface area contributed by atoms with E-state index in [1.165, 1.54) is 30.4 Å². The zero-order valence-electron chi connectivity index (χ0n) is 12.3. The van der Waals surface area contributed by atoms with Gasteiger partial charge in [0.15, 0.2) is 0 Å². The molecule has 0 radical (unpaired) electrons. The second-order valence-corrected chi connectivity index (χ2v) is 6.12. The molecular formula is C17H22N2O. The van der Waals surface area contributed by atoms with Crippen molar-refractivity contribution in [1.82, 2.24) is 9.78 Å². The Morgan fingerprint density at radius 3 is 2.65 bits per heavy atom. The van der Waals surface area contributed by atoms with E-state index in [9.17, 15) is 5.11 Å². The molecule has 0 fully saturated rings. The highest BCUT2D eigenvalue weighted by Gasteiger charge is 2.26. The Morgan fingerprint density at radius 2 is 1.95 bits per heavy atom. The number of aliphatic hydroxyl groups is 1. The zero-order valence-corrected chi connectivity index (χ0v) is 12.3. The van der Waals surface area contributed by atoms with Crippen LogP contribution in [0.25, 0.3) is 0 Å². The van der Waals surface area contributed by atoms with E-state index in [2.05, 4.69) is 23.3 Å². The molecule has 1 unspecified atom stereocenters. The molecule has 0 saturated carbocycles. The summed E-state index contributed by atoms with van der Waals surface area (Å²) >= 11 is 0. The van der Waals surface area contributed by atoms with Gasteiger partial charge in [-0.1, -0.05) is 18.2 Å². The second kappa shape index (κ2) is 5.06. The zero-order chi connectivity index (χ0) is 14.2. The first kappa shape index (κ1) is 13.4. The number of hydrogen-bond donors (Lipinski definition) is 1. The molecule has 1 atom stereocenters. The number of benzene rings is 1. The number of rotatable bonds is 3. The summed E-state index contributed by atoms with van der Waals surface area (Å²) < 4.78 is 1.78. The van der Waals surface area contributed by atoms with Gasteiger partial charge in [0.2, 0.25) is 0 Å². The van der Waals surface area contributed by atoms with Crippen molar-refractivity contribution in [3.05, 3.63) is 52.8 Å². The Morgan fingerprint density at radius 1 is 1.20 bits per heavy atom. The standard InChI is InChI=1S/C17H22N2O/c1-17(20,12-16-9-10-19(2)18-16)15-8-7-13-5-3-4-6-14(13)11-15/h7-11,20H,3-6,12H2,1-2H3. The Kier molecular flexibility index (Phi) is 3.38. The lowest BCUT2D eigenvalue weighted by Gasteiger charge is -2.25. The third-order valence-electron chi connectivity index (χ3n) is 4.26. The van der Waals surface area contributed by atoms with E-state index < -0.39 is 5.60 Å². The summed E-state index contributed by atoms with van der Waals surface area (Å²) in [6.07, 6.45) is 7.33. The molecule has 3 rings (SSSR count). The first-order valence-corrected chi connectivity index (χ1v) is 7.38. The third-order valence-corrected chi connectivity index (χ3v) is 4.26. The molecule has 2 aromatic rings. The van der Waals surface area contributed by atoms with Crippen molar-refractivity contribution in [2.75, 3.05) is 0 Å². The van der Waals surface area contributed by atoms with E-state index in [1.54, 1.807) is 4.68 Å². The number of fused-ring (bicyclic) bond motifs is 1. The fourth-order valence-electron chi connectivity index (χ4n) is 3.08. The van der Waals surface area contributed by atoms with Gasteiger partial charge in [0.25, 0.3) is 0 Å². The van der Waals surface area contributed by atoms with Gasteiger partial charge < -0.3 is 5.11 Å². The van der Waals surface area contributed by atoms with Crippen LogP contribution in [0.3, 0.4) is 0 Å². The topological polar surface area (TPSA) is 38.0 Å². The Balaban J connectivity index is 1.86. The van der Waals surface area contributed by atoms with Crippen LogP contribution in [0.4, 0.5) is 0 Å². The van der Waals surface area contributed by atoms with Crippen molar-refractivity contribution in [1.29, 1.82) is 0 Å². The van der Waals surface area contributed by atoms with Crippen LogP contribution < -0.4 is 0 Å². The quantitative estimate of drug-likeness (QED) is 0.931. The van der Waals surface area contributed by atoms with Gasteiger partial charge >= 0.3 is 0 Å². The Hall–Kier alpha value is -1.61. The second-order valence-electron chi connectivity index (χ2n) is 6.12. The van der Waals surface area contributed by atoms with E-state index in [0.29, 0.717) is 6.42 Å². The summed E-state index contributed by atoms with van der Waals surface area (Å²) in [6, 6.07) is 8.42. The molecule has 3 heteroatoms. The van der Waals surface area contributed by atoms with E-state index in [-0.39, 0.29) is 0 Å². The van der Waals surface area contributed by atoms with E-state index >= 15 is 0 Å². The molecule has 1 N–H and O–H groups in total. The Bertz CT molecular complexity index is 613. The smallest absolute Gasteiger partial charge is 0.0924 e. The van der Waals surface area contributed by atoms with Crippen LogP contribution in [-0.2, 0) is 31.9 Å². The molecule has 3 nitrogen and oxygen atoms in total. The minimum absolute atomic E-state index is 0.548. The Labute approximate surface area is 120 Å². The summed E-state index contributed by atoms with van der Waals surface area (Å²) in [6.45, 7) is 1.88. The predicted octanol–water partition coefficient (Wildman–Crippen LogP) is 2.75. The number of nitrogens with zero attached hydrogens (tertiary/aromatic N) is 2. The molecule has 1 aromatic heterocycles. The maximum absolute atomic E-state index is 10.8. The highest BCUT2D eigenvalue weighted by Crippen LogP contribution is 2.29. The molecule has 0 saturated heterocycles. The lowest BCUT2D eigenvalue weighted by molar-refractivity contribution is 0.0563. The van der Waals surface area contributed by atoms with Crippen LogP contribution in [0.2, 0.25) is 0 Å². The maximum Gasteiger partial charge on any atom is 0.0924 e. The van der Waals surface area contributed by atoms with Crippen LogP contribution in [0.15, 0.2) is 30.5 Å². The van der Waals surface area contributed by atoms with Crippen molar-refractivity contribution in [2.24, 2.45) is 7.05 Å². The average Bonchev–Trinajstić information content (AvgIpc) is 2.83. The van der Waals surface area contributed by atoms with Crippen molar-refractivity contribution in [3.63, 3.8) is 0 Å². The van der Waals surface area contributed by atoms with E-state index in [4.69, 9.17) is 0 Å². The molecule has 1 aromatic carbocycles. The van der Waals surface area contributed by atoms with Crippen molar-refractivity contribution >= 4 is 0 Å². The van der Waals surface area contributed by atoms with Gasteiger partial charge in [-0.05, 0) is 55.4 Å². The van der Waals surface area contributed by atoms with Crippen molar-refractivity contribution < 1.29 is 5.11 Å². The van der Waals surface area contributed by atoms with Gasteiger partial charge in [-0.2, -0.15) is 5.10 Å². The fourth-order valence-corrected chi connectivity index (χ4v) is 3.08. The van der Waals surface area contributed by atoms with Crippen molar-refractivity contribution in [2.45, 2.75) is 44.6 Å². The van der Waals surface area contributed by atoms with Crippen LogP contribution in [0.1, 0.15) is 42.1 Å². The van der Waals surface area contributed by atoms with Crippen LogP contribution in [0.5, 0.6) is 0 Å². The molecule has 0 amide bonds. The monoisotopic (exact) mass is 270 g/mol. The summed E-state index contributed by atoms with van der Waals surface area (Å²) in [5.74, 6) is 0. The van der Waals surface area contributed by atoms with Gasteiger partial charge in [-0.3, -0.25) is 4.68 Å². The average molecular weight is 270 g/mol. The van der Waals surface area contributed by atoms with Crippen LogP contribution >= 0.6 is 0 Å². The molecule has 0 bridgehead atoms. The summed E-state index contributed by atoms with van der Waals surface area (Å²) in [4.78, 5) is 0. The van der Waals surface area contributed by atoms with Crippen molar-refractivity contribution in [3.8, 4) is 0 Å². The molecule has 106 valence electrons. The SMILES string of the molecule is Cn1ccc(CC(C)(O)c2ccc3c(c2)CCCC3)n1. The molecule has 1 aliphatic rings. The minimum atomic E-state index is -0.860. The molecule has 0 aliphatic heterocycles. The van der Waals surface area contributed by atoms with Crippen LogP contribution in [0, 0.1) is 0 Å². The summed E-state index contributed by atoms with van der Waals surface area (Å²) in [7, 11) is 1.90. The summed E-state index contributed by atoms with van der Waals surface area (Å²) in [5.41, 5.74) is 3.93. The van der Waals surface area contributed by atoms with Gasteiger partial charge in [0, 0.05) is 19.7 Å². The van der Waals surface area contributed by atoms with Gasteiger partial charge in [0.05, 0.1) is 11.3 Å². The number of aryl methyl sites for hydroxylation is 3. The maximum atomic E-state index is 10.8. The van der Waals surface area contributed by atoms with Gasteiger partial charge in [0.1, 0.15) is 0 Å². The fraction of sp³-hybridized carbons (Fsp3) is 0.471. The lowest BCUT2D eigenvalue weighted by Crippen LogP contribution is -2.25. The summed E-state index contributed by atoms with van der Waals surface area (Å²) in [5, 5.41) is 15.2. The molecule has 1 aliphatic carbocycles. The first-order chi connectivity index (χ1) is 9.54. The van der Waals surface area contributed by atoms with Gasteiger partial charge in [-0.15, -0.1) is 0 Å². The lowest BCUT2D eigenvalue weighted by atomic mass is 9.85. The molecule has 0 spiro atoms. The highest BCUT2D eigenvalue weighted by molar-refractivity contribution is 5.36. The largest absolute Gasteiger partial charge is 0.385 e. The van der Waals surface area contributed by atoms with Crippen LogP contribution in [-0.4, -0.2) is 14.9 Å². The minimum Gasteiger partial charge on any atom is -0.385 e. The molecular weight excluding hydrogens is 248 g/mol.